The molecule has 8 heteroatoms. The quantitative estimate of drug-likeness (QED) is 0.681. The van der Waals surface area contributed by atoms with E-state index >= 15 is 0 Å². The molecule has 8 nitrogen and oxygen atoms in total. The lowest BCUT2D eigenvalue weighted by Crippen LogP contribution is -2.26. The molecule has 1 aromatic carbocycles. The molecule has 2 aromatic heterocycles. The molecular weight excluding hydrogens is 346 g/mol. The minimum atomic E-state index is -0.367. The molecule has 2 heterocycles. The summed E-state index contributed by atoms with van der Waals surface area (Å²) in [5.74, 6) is 2.51. The molecule has 1 fully saturated rings. The highest BCUT2D eigenvalue weighted by atomic mass is 16.5. The number of rotatable bonds is 7. The van der Waals surface area contributed by atoms with E-state index in [1.165, 1.54) is 0 Å². The van der Waals surface area contributed by atoms with Gasteiger partial charge < -0.3 is 14.4 Å². The van der Waals surface area contributed by atoms with Crippen molar-refractivity contribution < 1.29 is 13.8 Å². The third-order valence-electron chi connectivity index (χ3n) is 4.45. The van der Waals surface area contributed by atoms with Crippen LogP contribution in [0.1, 0.15) is 73.0 Å². The van der Waals surface area contributed by atoms with Gasteiger partial charge in [0.15, 0.2) is 5.82 Å². The van der Waals surface area contributed by atoms with Crippen LogP contribution in [0.15, 0.2) is 33.3 Å². The molecule has 0 aliphatic heterocycles. The zero-order valence-corrected chi connectivity index (χ0v) is 15.3. The number of carbonyl (C=O) groups excluding carboxylic acids is 1. The molecule has 1 saturated carbocycles. The van der Waals surface area contributed by atoms with Crippen LogP contribution in [0.5, 0.6) is 0 Å². The molecule has 0 spiro atoms. The number of amides is 1. The van der Waals surface area contributed by atoms with E-state index in [9.17, 15) is 4.79 Å². The molecule has 1 atom stereocenters. The van der Waals surface area contributed by atoms with Crippen molar-refractivity contribution in [1.82, 2.24) is 25.6 Å². The van der Waals surface area contributed by atoms with Crippen LogP contribution < -0.4 is 5.32 Å². The van der Waals surface area contributed by atoms with Crippen molar-refractivity contribution in [2.24, 2.45) is 0 Å². The molecule has 140 valence electrons. The first-order valence-electron chi connectivity index (χ1n) is 9.21. The van der Waals surface area contributed by atoms with Gasteiger partial charge in [-0.25, -0.2) is 0 Å². The van der Waals surface area contributed by atoms with E-state index in [1.807, 2.05) is 26.0 Å². The molecular formula is C19H21N5O3. The molecule has 1 aliphatic rings. The van der Waals surface area contributed by atoms with E-state index in [4.69, 9.17) is 9.05 Å². The number of aromatic nitrogens is 4. The van der Waals surface area contributed by atoms with Gasteiger partial charge in [0.1, 0.15) is 6.04 Å². The number of aryl methyl sites for hydroxylation is 1. The average Bonchev–Trinajstić information content (AvgIpc) is 3.22. The van der Waals surface area contributed by atoms with Crippen LogP contribution in [-0.2, 0) is 6.42 Å². The van der Waals surface area contributed by atoms with Gasteiger partial charge in [-0.3, -0.25) is 4.79 Å². The Labute approximate surface area is 156 Å². The Bertz CT molecular complexity index is 927. The predicted octanol–water partition coefficient (Wildman–Crippen LogP) is 3.44. The van der Waals surface area contributed by atoms with E-state index in [0.717, 1.165) is 31.2 Å². The summed E-state index contributed by atoms with van der Waals surface area (Å²) in [4.78, 5) is 21.2. The van der Waals surface area contributed by atoms with Gasteiger partial charge in [0.25, 0.3) is 5.91 Å². The lowest BCUT2D eigenvalue weighted by molar-refractivity contribution is 0.0932. The largest absolute Gasteiger partial charge is 0.341 e. The molecule has 1 aliphatic carbocycles. The van der Waals surface area contributed by atoms with E-state index < -0.39 is 0 Å². The number of nitrogens with one attached hydrogen (secondary N) is 1. The second-order valence-electron chi connectivity index (χ2n) is 6.80. The van der Waals surface area contributed by atoms with Crippen LogP contribution >= 0.6 is 0 Å². The van der Waals surface area contributed by atoms with Gasteiger partial charge in [-0.2, -0.15) is 9.97 Å². The van der Waals surface area contributed by atoms with Gasteiger partial charge in [-0.1, -0.05) is 29.4 Å². The average molecular weight is 367 g/mol. The lowest BCUT2D eigenvalue weighted by atomic mass is 10.1. The van der Waals surface area contributed by atoms with Crippen molar-refractivity contribution >= 4 is 5.91 Å². The van der Waals surface area contributed by atoms with Crippen LogP contribution in [0.4, 0.5) is 0 Å². The predicted molar refractivity (Wildman–Crippen MR) is 95.9 cm³/mol. The molecule has 0 saturated heterocycles. The maximum absolute atomic E-state index is 12.5. The third-order valence-corrected chi connectivity index (χ3v) is 4.45. The van der Waals surface area contributed by atoms with E-state index in [1.54, 1.807) is 12.1 Å². The fourth-order valence-corrected chi connectivity index (χ4v) is 2.73. The first-order chi connectivity index (χ1) is 13.1. The first-order valence-corrected chi connectivity index (χ1v) is 9.21. The van der Waals surface area contributed by atoms with Gasteiger partial charge in [-0.05, 0) is 38.3 Å². The van der Waals surface area contributed by atoms with Gasteiger partial charge in [0.2, 0.25) is 17.6 Å². The zero-order valence-electron chi connectivity index (χ0n) is 15.3. The Kier molecular flexibility index (Phi) is 4.70. The Morgan fingerprint density at radius 3 is 2.67 bits per heavy atom. The number of hydrogen-bond acceptors (Lipinski definition) is 7. The van der Waals surface area contributed by atoms with Gasteiger partial charge in [-0.15, -0.1) is 0 Å². The number of carbonyl (C=O) groups is 1. The number of hydrogen-bond donors (Lipinski definition) is 1. The molecule has 0 unspecified atom stereocenters. The van der Waals surface area contributed by atoms with Gasteiger partial charge >= 0.3 is 0 Å². The van der Waals surface area contributed by atoms with Gasteiger partial charge in [0, 0.05) is 23.5 Å². The van der Waals surface area contributed by atoms with Gasteiger partial charge in [0.05, 0.1) is 0 Å². The van der Waals surface area contributed by atoms with E-state index in [0.29, 0.717) is 34.9 Å². The Hall–Kier alpha value is -3.03. The monoisotopic (exact) mass is 367 g/mol. The normalized spacial score (nSPS) is 14.9. The molecule has 0 bridgehead atoms. The highest BCUT2D eigenvalue weighted by molar-refractivity contribution is 5.94. The van der Waals surface area contributed by atoms with Crippen molar-refractivity contribution in [2.45, 2.75) is 51.5 Å². The van der Waals surface area contributed by atoms with Crippen molar-refractivity contribution in [3.8, 4) is 11.4 Å². The maximum atomic E-state index is 12.5. The number of nitrogens with zero attached hydrogens (tertiary/aromatic N) is 4. The van der Waals surface area contributed by atoms with Crippen molar-refractivity contribution in [3.05, 3.63) is 47.4 Å². The van der Waals surface area contributed by atoms with E-state index in [-0.39, 0.29) is 11.9 Å². The second kappa shape index (κ2) is 7.30. The summed E-state index contributed by atoms with van der Waals surface area (Å²) in [6, 6.07) is 6.73. The SMILES string of the molecule is CCCc1noc([C@H](C)NC(=O)c2ccc(-c3noc(C4CC4)n3)cc2)n1. The minimum Gasteiger partial charge on any atom is -0.341 e. The molecule has 3 aromatic rings. The summed E-state index contributed by atoms with van der Waals surface area (Å²) >= 11 is 0. The summed E-state index contributed by atoms with van der Waals surface area (Å²) in [7, 11) is 0. The summed E-state index contributed by atoms with van der Waals surface area (Å²) in [6.07, 6.45) is 3.91. The minimum absolute atomic E-state index is 0.212. The van der Waals surface area contributed by atoms with Crippen LogP contribution in [0.3, 0.4) is 0 Å². The highest BCUT2D eigenvalue weighted by Gasteiger charge is 2.29. The van der Waals surface area contributed by atoms with Crippen molar-refractivity contribution in [2.75, 3.05) is 0 Å². The molecule has 4 rings (SSSR count). The topological polar surface area (TPSA) is 107 Å². The van der Waals surface area contributed by atoms with Crippen LogP contribution in [-0.4, -0.2) is 26.2 Å². The Morgan fingerprint density at radius 2 is 1.96 bits per heavy atom. The van der Waals surface area contributed by atoms with Crippen molar-refractivity contribution in [1.29, 1.82) is 0 Å². The molecule has 1 N–H and O–H groups in total. The Balaban J connectivity index is 1.40. The maximum Gasteiger partial charge on any atom is 0.251 e. The fraction of sp³-hybridized carbons (Fsp3) is 0.421. The molecule has 0 radical (unpaired) electrons. The molecule has 27 heavy (non-hydrogen) atoms. The van der Waals surface area contributed by atoms with Crippen LogP contribution in [0.25, 0.3) is 11.4 Å². The lowest BCUT2D eigenvalue weighted by Gasteiger charge is -2.09. The third kappa shape index (κ3) is 3.89. The van der Waals surface area contributed by atoms with E-state index in [2.05, 4.69) is 25.6 Å². The van der Waals surface area contributed by atoms with Crippen LogP contribution in [0, 0.1) is 0 Å². The summed E-state index contributed by atoms with van der Waals surface area (Å²) in [5.41, 5.74) is 1.35. The number of benzene rings is 1. The summed E-state index contributed by atoms with van der Waals surface area (Å²) < 4.78 is 10.5. The van der Waals surface area contributed by atoms with Crippen LogP contribution in [0.2, 0.25) is 0 Å². The summed E-state index contributed by atoms with van der Waals surface area (Å²) in [6.45, 7) is 3.86. The molecule has 1 amide bonds. The first kappa shape index (κ1) is 17.4. The smallest absolute Gasteiger partial charge is 0.251 e. The highest BCUT2D eigenvalue weighted by Crippen LogP contribution is 2.39. The Morgan fingerprint density at radius 1 is 1.19 bits per heavy atom. The summed E-state index contributed by atoms with van der Waals surface area (Å²) in [5, 5.41) is 10.8. The van der Waals surface area contributed by atoms with Crippen molar-refractivity contribution in [3.63, 3.8) is 0 Å². The fourth-order valence-electron chi connectivity index (χ4n) is 2.73. The zero-order chi connectivity index (χ0) is 18.8. The standard InChI is InChI=1S/C19H21N5O3/c1-3-4-15-21-18(26-23-15)11(2)20-17(25)13-7-5-12(6-8-13)16-22-19(27-24-16)14-9-10-14/h5-8,11,14H,3-4,9-10H2,1-2H3,(H,20,25)/t11-/m0/s1. The second-order valence-corrected chi connectivity index (χ2v) is 6.80.